The molecule has 1 aliphatic heterocycles. The molecule has 5 aliphatic rings. The summed E-state index contributed by atoms with van der Waals surface area (Å²) in [5, 5.41) is 9.00. The van der Waals surface area contributed by atoms with Crippen molar-refractivity contribution >= 4 is 5.91 Å². The molecule has 0 radical (unpaired) electrons. The molecule has 5 heteroatoms. The number of likely N-dealkylation sites (tertiary alicyclic amines) is 1. The van der Waals surface area contributed by atoms with E-state index in [1.54, 1.807) is 18.3 Å². The SMILES string of the molecule is N#Cc1ccnc(OC2CCN(C(=O)CC34CC5CC(CC(C5)C3)C4)C2)c1. The van der Waals surface area contributed by atoms with Gasteiger partial charge in [-0.3, -0.25) is 4.79 Å². The van der Waals surface area contributed by atoms with Crippen molar-refractivity contribution in [3.05, 3.63) is 23.9 Å². The van der Waals surface area contributed by atoms with E-state index in [-0.39, 0.29) is 6.10 Å². The molecule has 4 saturated carbocycles. The zero-order chi connectivity index (χ0) is 18.4. The zero-order valence-corrected chi connectivity index (χ0v) is 15.8. The van der Waals surface area contributed by atoms with Gasteiger partial charge in [-0.15, -0.1) is 0 Å². The van der Waals surface area contributed by atoms with Gasteiger partial charge in [0.2, 0.25) is 11.8 Å². The number of rotatable bonds is 4. The Morgan fingerprint density at radius 3 is 2.63 bits per heavy atom. The average molecular weight is 365 g/mol. The molecule has 5 fully saturated rings. The Morgan fingerprint density at radius 2 is 1.96 bits per heavy atom. The van der Waals surface area contributed by atoms with Crippen LogP contribution >= 0.6 is 0 Å². The molecule has 1 aromatic rings. The fourth-order valence-electron chi connectivity index (χ4n) is 6.70. The van der Waals surface area contributed by atoms with Crippen LogP contribution in [0.3, 0.4) is 0 Å². The minimum absolute atomic E-state index is 0.0215. The molecule has 5 nitrogen and oxygen atoms in total. The van der Waals surface area contributed by atoms with Crippen LogP contribution in [0.5, 0.6) is 5.88 Å². The molecule has 1 atom stereocenters. The van der Waals surface area contributed by atoms with E-state index in [2.05, 4.69) is 11.1 Å². The number of ether oxygens (including phenoxy) is 1. The van der Waals surface area contributed by atoms with Gasteiger partial charge < -0.3 is 9.64 Å². The minimum atomic E-state index is -0.0215. The third-order valence-corrected chi connectivity index (χ3v) is 7.34. The predicted octanol–water partition coefficient (Wildman–Crippen LogP) is 3.54. The summed E-state index contributed by atoms with van der Waals surface area (Å²) in [4.78, 5) is 19.2. The van der Waals surface area contributed by atoms with Crippen LogP contribution in [0.25, 0.3) is 0 Å². The molecule has 6 rings (SSSR count). The quantitative estimate of drug-likeness (QED) is 0.818. The van der Waals surface area contributed by atoms with Crippen LogP contribution in [0.1, 0.15) is 56.9 Å². The molecule has 1 saturated heterocycles. The molecule has 2 heterocycles. The van der Waals surface area contributed by atoms with Gasteiger partial charge >= 0.3 is 0 Å². The third-order valence-electron chi connectivity index (χ3n) is 7.34. The highest BCUT2D eigenvalue weighted by molar-refractivity contribution is 5.77. The van der Waals surface area contributed by atoms with Crippen molar-refractivity contribution in [2.75, 3.05) is 13.1 Å². The van der Waals surface area contributed by atoms with Gasteiger partial charge in [0, 0.05) is 31.6 Å². The molecule has 0 aromatic carbocycles. The lowest BCUT2D eigenvalue weighted by Gasteiger charge is -2.56. The Balaban J connectivity index is 1.19. The van der Waals surface area contributed by atoms with E-state index >= 15 is 0 Å². The summed E-state index contributed by atoms with van der Waals surface area (Å²) in [7, 11) is 0. The first-order valence-electron chi connectivity index (χ1n) is 10.4. The van der Waals surface area contributed by atoms with Crippen molar-refractivity contribution < 1.29 is 9.53 Å². The molecular formula is C22H27N3O2. The van der Waals surface area contributed by atoms with Crippen LogP contribution in [-0.4, -0.2) is 35.0 Å². The number of amides is 1. The van der Waals surface area contributed by atoms with Crippen LogP contribution < -0.4 is 4.74 Å². The maximum atomic E-state index is 13.0. The van der Waals surface area contributed by atoms with Crippen molar-refractivity contribution in [1.29, 1.82) is 5.26 Å². The molecule has 0 spiro atoms. The Kier molecular flexibility index (Phi) is 4.11. The predicted molar refractivity (Wildman–Crippen MR) is 99.8 cm³/mol. The van der Waals surface area contributed by atoms with Gasteiger partial charge in [0.05, 0.1) is 18.2 Å². The van der Waals surface area contributed by atoms with Crippen molar-refractivity contribution in [2.24, 2.45) is 23.2 Å². The molecule has 142 valence electrons. The van der Waals surface area contributed by atoms with Crippen molar-refractivity contribution in [2.45, 2.75) is 57.5 Å². The molecule has 1 unspecified atom stereocenters. The van der Waals surface area contributed by atoms with E-state index in [1.807, 2.05) is 4.90 Å². The van der Waals surface area contributed by atoms with Crippen molar-refractivity contribution in [1.82, 2.24) is 9.88 Å². The number of pyridine rings is 1. The highest BCUT2D eigenvalue weighted by Crippen LogP contribution is 2.61. The summed E-state index contributed by atoms with van der Waals surface area (Å²) in [6.07, 6.45) is 11.3. The second-order valence-corrected chi connectivity index (χ2v) is 9.46. The van der Waals surface area contributed by atoms with Gasteiger partial charge in [0.25, 0.3) is 0 Å². The van der Waals surface area contributed by atoms with Gasteiger partial charge in [0.15, 0.2) is 0 Å². The van der Waals surface area contributed by atoms with Gasteiger partial charge in [-0.05, 0) is 67.8 Å². The summed E-state index contributed by atoms with van der Waals surface area (Å²) in [6, 6.07) is 5.44. The fraction of sp³-hybridized carbons (Fsp3) is 0.682. The lowest BCUT2D eigenvalue weighted by atomic mass is 9.49. The number of nitrogens with zero attached hydrogens (tertiary/aromatic N) is 3. The van der Waals surface area contributed by atoms with E-state index in [1.165, 1.54) is 38.5 Å². The lowest BCUT2D eigenvalue weighted by Crippen LogP contribution is -2.48. The first-order valence-corrected chi connectivity index (χ1v) is 10.4. The molecule has 4 aliphatic carbocycles. The first-order chi connectivity index (χ1) is 13.1. The summed E-state index contributed by atoms with van der Waals surface area (Å²) < 4.78 is 5.94. The first kappa shape index (κ1) is 17.0. The van der Waals surface area contributed by atoms with Crippen LogP contribution in [0.15, 0.2) is 18.3 Å². The highest BCUT2D eigenvalue weighted by Gasteiger charge is 2.52. The average Bonchev–Trinajstić information content (AvgIpc) is 3.09. The van der Waals surface area contributed by atoms with Crippen molar-refractivity contribution in [3.8, 4) is 11.9 Å². The van der Waals surface area contributed by atoms with Crippen LogP contribution in [-0.2, 0) is 4.79 Å². The van der Waals surface area contributed by atoms with E-state index < -0.39 is 0 Å². The van der Waals surface area contributed by atoms with E-state index in [0.717, 1.165) is 37.1 Å². The van der Waals surface area contributed by atoms with E-state index in [4.69, 9.17) is 10.00 Å². The monoisotopic (exact) mass is 365 g/mol. The molecule has 0 N–H and O–H groups in total. The van der Waals surface area contributed by atoms with Gasteiger partial charge in [0.1, 0.15) is 6.10 Å². The molecule has 1 amide bonds. The van der Waals surface area contributed by atoms with Gasteiger partial charge in [-0.1, -0.05) is 0 Å². The number of hydrogen-bond acceptors (Lipinski definition) is 4. The number of carbonyl (C=O) groups is 1. The summed E-state index contributed by atoms with van der Waals surface area (Å²) in [6.45, 7) is 1.41. The number of hydrogen-bond donors (Lipinski definition) is 0. The summed E-state index contributed by atoms with van der Waals surface area (Å²) in [5.74, 6) is 3.46. The zero-order valence-electron chi connectivity index (χ0n) is 15.8. The van der Waals surface area contributed by atoms with Gasteiger partial charge in [-0.2, -0.15) is 5.26 Å². The Morgan fingerprint density at radius 1 is 1.26 bits per heavy atom. The number of carbonyl (C=O) groups excluding carboxylic acids is 1. The van der Waals surface area contributed by atoms with E-state index in [0.29, 0.717) is 29.3 Å². The molecule has 1 aromatic heterocycles. The maximum Gasteiger partial charge on any atom is 0.223 e. The summed E-state index contributed by atoms with van der Waals surface area (Å²) >= 11 is 0. The van der Waals surface area contributed by atoms with Crippen LogP contribution in [0.4, 0.5) is 0 Å². The standard InChI is InChI=1S/C22H27N3O2/c23-13-15-1-3-24-20(8-15)27-19-2-4-25(14-19)21(26)12-22-9-16-5-17(10-22)7-18(6-16)11-22/h1,3,8,16-19H,2,4-7,9-12,14H2. The van der Waals surface area contributed by atoms with Crippen LogP contribution in [0.2, 0.25) is 0 Å². The number of nitriles is 1. The summed E-state index contributed by atoms with van der Waals surface area (Å²) in [5.41, 5.74) is 0.848. The molecule has 4 bridgehead atoms. The van der Waals surface area contributed by atoms with Crippen LogP contribution in [0, 0.1) is 34.5 Å². The molecule has 27 heavy (non-hydrogen) atoms. The largest absolute Gasteiger partial charge is 0.472 e. The normalized spacial score (nSPS) is 36.6. The topological polar surface area (TPSA) is 66.2 Å². The second-order valence-electron chi connectivity index (χ2n) is 9.46. The third kappa shape index (κ3) is 3.31. The Labute approximate surface area is 160 Å². The Hall–Kier alpha value is -2.09. The maximum absolute atomic E-state index is 13.0. The smallest absolute Gasteiger partial charge is 0.223 e. The number of aromatic nitrogens is 1. The Bertz CT molecular complexity index is 749. The van der Waals surface area contributed by atoms with Gasteiger partial charge in [-0.25, -0.2) is 4.98 Å². The lowest BCUT2D eigenvalue weighted by molar-refractivity contribution is -0.138. The van der Waals surface area contributed by atoms with E-state index in [9.17, 15) is 4.79 Å². The minimum Gasteiger partial charge on any atom is -0.472 e. The highest BCUT2D eigenvalue weighted by atomic mass is 16.5. The van der Waals surface area contributed by atoms with Crippen molar-refractivity contribution in [3.63, 3.8) is 0 Å². The fourth-order valence-corrected chi connectivity index (χ4v) is 6.70. The second kappa shape index (κ2) is 6.51. The molecular weight excluding hydrogens is 338 g/mol.